The predicted molar refractivity (Wildman–Crippen MR) is 66.4 cm³/mol. The minimum absolute atomic E-state index is 0.347. The summed E-state index contributed by atoms with van der Waals surface area (Å²) >= 11 is 0. The minimum atomic E-state index is -1.50. The number of carbonyl (C=O) groups is 1. The molecule has 0 radical (unpaired) electrons. The molecule has 0 saturated carbocycles. The van der Waals surface area contributed by atoms with E-state index in [9.17, 15) is 4.79 Å². The highest BCUT2D eigenvalue weighted by molar-refractivity contribution is 5.84. The van der Waals surface area contributed by atoms with Crippen LogP contribution in [0.4, 0.5) is 0 Å². The van der Waals surface area contributed by atoms with Crippen LogP contribution in [0.25, 0.3) is 10.9 Å². The zero-order valence-corrected chi connectivity index (χ0v) is 9.81. The Balaban J connectivity index is 0.000000399. The van der Waals surface area contributed by atoms with E-state index in [1.165, 1.54) is 0 Å². The molecule has 102 valence electrons. The summed E-state index contributed by atoms with van der Waals surface area (Å²) < 4.78 is 0. The zero-order valence-electron chi connectivity index (χ0n) is 9.81. The molecule has 1 aromatic carbocycles. The van der Waals surface area contributed by atoms with Crippen molar-refractivity contribution in [2.45, 2.75) is 12.5 Å². The molecular formula is C11H13N3O5. The molecule has 0 spiro atoms. The Morgan fingerprint density at radius 1 is 1.47 bits per heavy atom. The summed E-state index contributed by atoms with van der Waals surface area (Å²) in [6.07, 6.45) is 2.16. The summed E-state index contributed by atoms with van der Waals surface area (Å²) in [5.41, 5.74) is 7.43. The van der Waals surface area contributed by atoms with Gasteiger partial charge in [0, 0.05) is 23.5 Å². The first-order chi connectivity index (χ1) is 8.91. The van der Waals surface area contributed by atoms with E-state index >= 15 is 0 Å². The lowest BCUT2D eigenvalue weighted by Gasteiger charge is -2.04. The van der Waals surface area contributed by atoms with Gasteiger partial charge in [-0.15, -0.1) is 10.1 Å². The van der Waals surface area contributed by atoms with Crippen LogP contribution in [-0.2, 0) is 11.2 Å². The molecule has 2 rings (SSSR count). The summed E-state index contributed by atoms with van der Waals surface area (Å²) in [4.78, 5) is 22.1. The molecule has 0 aliphatic rings. The number of fused-ring (bicyclic) bond motifs is 1. The molecule has 8 nitrogen and oxygen atoms in total. The SMILES string of the molecule is NC(Cc1c[nH]c2ccccc12)C(=O)O.O=[N+]([O-])O. The van der Waals surface area contributed by atoms with Crippen molar-refractivity contribution >= 4 is 16.9 Å². The van der Waals surface area contributed by atoms with Crippen molar-refractivity contribution in [3.8, 4) is 0 Å². The third-order valence-corrected chi connectivity index (χ3v) is 2.43. The first-order valence-corrected chi connectivity index (χ1v) is 5.28. The number of hydrogen-bond acceptors (Lipinski definition) is 4. The summed E-state index contributed by atoms with van der Waals surface area (Å²) in [5, 5.41) is 23.4. The number of H-pyrrole nitrogens is 1. The first kappa shape index (κ1) is 14.5. The van der Waals surface area contributed by atoms with Gasteiger partial charge in [-0.3, -0.25) is 4.79 Å². The van der Waals surface area contributed by atoms with Gasteiger partial charge in [0.15, 0.2) is 0 Å². The van der Waals surface area contributed by atoms with E-state index in [4.69, 9.17) is 26.2 Å². The Bertz CT molecular complexity index is 576. The van der Waals surface area contributed by atoms with Crippen LogP contribution >= 0.6 is 0 Å². The quantitative estimate of drug-likeness (QED) is 0.478. The van der Waals surface area contributed by atoms with Crippen LogP contribution in [-0.4, -0.2) is 32.4 Å². The van der Waals surface area contributed by atoms with Crippen molar-refractivity contribution in [3.05, 3.63) is 46.1 Å². The third kappa shape index (κ3) is 4.28. The Labute approximate surface area is 107 Å². The number of carboxylic acid groups (broad SMARTS) is 1. The van der Waals surface area contributed by atoms with Crippen LogP contribution in [0.3, 0.4) is 0 Å². The Morgan fingerprint density at radius 2 is 2.05 bits per heavy atom. The molecule has 0 fully saturated rings. The van der Waals surface area contributed by atoms with Crippen molar-refractivity contribution in [1.29, 1.82) is 0 Å². The Morgan fingerprint density at radius 3 is 2.63 bits per heavy atom. The van der Waals surface area contributed by atoms with E-state index in [1.807, 2.05) is 30.5 Å². The van der Waals surface area contributed by atoms with Crippen LogP contribution in [0.15, 0.2) is 30.5 Å². The number of rotatable bonds is 3. The minimum Gasteiger partial charge on any atom is -0.480 e. The van der Waals surface area contributed by atoms with Crippen LogP contribution in [0.1, 0.15) is 5.56 Å². The molecular weight excluding hydrogens is 254 g/mol. The molecule has 0 aliphatic carbocycles. The van der Waals surface area contributed by atoms with Gasteiger partial charge in [-0.25, -0.2) is 0 Å². The molecule has 1 atom stereocenters. The molecule has 0 bridgehead atoms. The van der Waals surface area contributed by atoms with Crippen LogP contribution < -0.4 is 5.73 Å². The molecule has 2 aromatic rings. The van der Waals surface area contributed by atoms with Gasteiger partial charge in [0.1, 0.15) is 6.04 Å². The van der Waals surface area contributed by atoms with Gasteiger partial charge in [0.05, 0.1) is 0 Å². The average molecular weight is 267 g/mol. The van der Waals surface area contributed by atoms with Crippen LogP contribution in [0.2, 0.25) is 0 Å². The van der Waals surface area contributed by atoms with Crippen molar-refractivity contribution in [1.82, 2.24) is 4.98 Å². The van der Waals surface area contributed by atoms with E-state index in [2.05, 4.69) is 4.98 Å². The molecule has 1 unspecified atom stereocenters. The second-order valence-electron chi connectivity index (χ2n) is 3.75. The van der Waals surface area contributed by atoms with E-state index in [0.29, 0.717) is 6.42 Å². The summed E-state index contributed by atoms with van der Waals surface area (Å²) in [6, 6.07) is 6.91. The number of nitrogens with one attached hydrogen (secondary N) is 1. The average Bonchev–Trinajstić information content (AvgIpc) is 2.72. The third-order valence-electron chi connectivity index (χ3n) is 2.43. The van der Waals surface area contributed by atoms with Crippen molar-refractivity contribution in [2.75, 3.05) is 0 Å². The van der Waals surface area contributed by atoms with Crippen molar-refractivity contribution in [2.24, 2.45) is 5.73 Å². The smallest absolute Gasteiger partial charge is 0.320 e. The van der Waals surface area contributed by atoms with Crippen molar-refractivity contribution < 1.29 is 20.2 Å². The number of aliphatic carboxylic acids is 1. The molecule has 0 amide bonds. The van der Waals surface area contributed by atoms with Gasteiger partial charge < -0.3 is 21.0 Å². The van der Waals surface area contributed by atoms with E-state index < -0.39 is 17.1 Å². The molecule has 0 saturated heterocycles. The van der Waals surface area contributed by atoms with Gasteiger partial charge in [-0.2, -0.15) is 0 Å². The maximum Gasteiger partial charge on any atom is 0.320 e. The van der Waals surface area contributed by atoms with Crippen molar-refractivity contribution in [3.63, 3.8) is 0 Å². The number of aromatic amines is 1. The fourth-order valence-corrected chi connectivity index (χ4v) is 1.62. The zero-order chi connectivity index (χ0) is 14.4. The number of carboxylic acids is 1. The molecule has 19 heavy (non-hydrogen) atoms. The van der Waals surface area contributed by atoms with E-state index in [0.717, 1.165) is 16.5 Å². The number of aromatic nitrogens is 1. The largest absolute Gasteiger partial charge is 0.480 e. The number of nitrogens with two attached hydrogens (primary N) is 1. The molecule has 1 aromatic heterocycles. The lowest BCUT2D eigenvalue weighted by molar-refractivity contribution is -0.742. The lowest BCUT2D eigenvalue weighted by atomic mass is 10.1. The molecule has 1 heterocycles. The van der Waals surface area contributed by atoms with Crippen LogP contribution in [0, 0.1) is 10.1 Å². The Kier molecular flexibility index (Phi) is 4.84. The number of hydrogen-bond donors (Lipinski definition) is 4. The van der Waals surface area contributed by atoms with Gasteiger partial charge in [0.25, 0.3) is 5.09 Å². The molecule has 0 aliphatic heterocycles. The van der Waals surface area contributed by atoms with E-state index in [-0.39, 0.29) is 0 Å². The van der Waals surface area contributed by atoms with Gasteiger partial charge in [0.2, 0.25) is 0 Å². The Hall–Kier alpha value is -2.61. The van der Waals surface area contributed by atoms with Gasteiger partial charge in [-0.1, -0.05) is 18.2 Å². The van der Waals surface area contributed by atoms with Gasteiger partial charge >= 0.3 is 5.97 Å². The highest BCUT2D eigenvalue weighted by Gasteiger charge is 2.14. The summed E-state index contributed by atoms with van der Waals surface area (Å²) in [5.74, 6) is -0.972. The lowest BCUT2D eigenvalue weighted by Crippen LogP contribution is -2.32. The highest BCUT2D eigenvalue weighted by Crippen LogP contribution is 2.18. The predicted octanol–water partition coefficient (Wildman–Crippen LogP) is 0.775. The highest BCUT2D eigenvalue weighted by atomic mass is 16.9. The second-order valence-corrected chi connectivity index (χ2v) is 3.75. The molecule has 8 heteroatoms. The number of para-hydroxylation sites is 1. The normalized spacial score (nSPS) is 11.4. The standard InChI is InChI=1S/C11H12N2O2.HNO3/c12-9(11(14)15)5-7-6-13-10-4-2-1-3-8(7)10;2-1(3)4/h1-4,6,9,13H,5,12H2,(H,14,15);(H,2,3,4). The second kappa shape index (κ2) is 6.36. The van der Waals surface area contributed by atoms with E-state index in [1.54, 1.807) is 0 Å². The fraction of sp³-hybridized carbons (Fsp3) is 0.182. The number of nitrogens with zero attached hydrogens (tertiary/aromatic N) is 1. The monoisotopic (exact) mass is 267 g/mol. The summed E-state index contributed by atoms with van der Waals surface area (Å²) in [7, 11) is 0. The fourth-order valence-electron chi connectivity index (χ4n) is 1.62. The maximum absolute atomic E-state index is 10.6. The maximum atomic E-state index is 10.6. The summed E-state index contributed by atoms with van der Waals surface area (Å²) in [6.45, 7) is 0. The topological polar surface area (TPSA) is 142 Å². The van der Waals surface area contributed by atoms with Gasteiger partial charge in [-0.05, 0) is 11.6 Å². The van der Waals surface area contributed by atoms with Crippen LogP contribution in [0.5, 0.6) is 0 Å². The number of benzene rings is 1. The first-order valence-electron chi connectivity index (χ1n) is 5.28. The molecule has 5 N–H and O–H groups in total.